The first kappa shape index (κ1) is 56.3. The van der Waals surface area contributed by atoms with Crippen LogP contribution in [0.4, 0.5) is 17.6 Å². The van der Waals surface area contributed by atoms with Gasteiger partial charge >= 0.3 is 0 Å². The molecule has 0 saturated carbocycles. The fourth-order valence-corrected chi connectivity index (χ4v) is 11.6. The summed E-state index contributed by atoms with van der Waals surface area (Å²) < 4.78 is 52.8. The number of thioether (sulfide) groups is 2. The quantitative estimate of drug-likeness (QED) is 0.0342. The number of β-amino-alcohol motifs (C(OH)–C–C–N with tert-alkyl or cyclic N) is 2. The molecule has 2 aliphatic heterocycles. The smallest absolute Gasteiger partial charge is 0.123 e. The van der Waals surface area contributed by atoms with Crippen molar-refractivity contribution in [2.45, 2.75) is 73.3 Å². The molecule has 2 fully saturated rings. The number of benzene rings is 6. The van der Waals surface area contributed by atoms with Crippen LogP contribution in [0.15, 0.2) is 158 Å². The SMILES string of the molecule is Fc1ccc(C(SCCBr)c2ccc(F)cc2)cc1.NC1CCN(CC(O)Cc2ccccc2)CC1.OC(Cc1ccccc1)CN1CCC(NCCSC(c2ccc(F)cc2)c2ccc(F)cc2)CC1. The Morgan fingerprint density at radius 2 is 0.845 bits per heavy atom. The number of hydrogen-bond donors (Lipinski definition) is 4. The fraction of sp³-hybridized carbons (Fsp3) is 0.379. The number of piperidine rings is 2. The standard InChI is InChI=1S/C29H34F2N2OS.C15H13BrF2S.C14H22N2O/c30-25-10-6-23(7-11-25)29(24-8-12-26(31)13-9-24)35-19-16-32-27-14-17-33(18-15-27)21-28(34)20-22-4-2-1-3-5-22;16-9-10-19-15(11-1-5-13(17)6-2-11)12-3-7-14(18)8-4-12;15-13-6-8-16(9-7-13)11-14(17)10-12-4-2-1-3-5-12/h1-13,27-29,32,34H,14-21H2;1-8,15H,9-10H2;1-5,13-14,17H,6-11,15H2. The number of halogens is 5. The van der Waals surface area contributed by atoms with Gasteiger partial charge in [0.1, 0.15) is 23.3 Å². The maximum atomic E-state index is 13.4. The van der Waals surface area contributed by atoms with Gasteiger partial charge in [0.25, 0.3) is 0 Å². The zero-order chi connectivity index (χ0) is 50.2. The van der Waals surface area contributed by atoms with Gasteiger partial charge in [0, 0.05) is 48.6 Å². The van der Waals surface area contributed by atoms with E-state index in [9.17, 15) is 27.8 Å². The lowest BCUT2D eigenvalue weighted by Crippen LogP contribution is -2.45. The lowest BCUT2D eigenvalue weighted by atomic mass is 10.0. The monoisotopic (exact) mass is 1070 g/mol. The summed E-state index contributed by atoms with van der Waals surface area (Å²) in [6.45, 7) is 6.38. The summed E-state index contributed by atoms with van der Waals surface area (Å²) in [5.74, 6) is 0.836. The summed E-state index contributed by atoms with van der Waals surface area (Å²) in [5.41, 5.74) is 12.3. The largest absolute Gasteiger partial charge is 0.391 e. The number of likely N-dealkylation sites (tertiary alicyclic amines) is 2. The molecule has 0 radical (unpaired) electrons. The maximum Gasteiger partial charge on any atom is 0.123 e. The van der Waals surface area contributed by atoms with E-state index < -0.39 is 0 Å². The first-order chi connectivity index (χ1) is 34.5. The highest BCUT2D eigenvalue weighted by Crippen LogP contribution is 2.37. The van der Waals surface area contributed by atoms with E-state index in [0.717, 1.165) is 110 Å². The van der Waals surface area contributed by atoms with Gasteiger partial charge in [-0.05, 0) is 147 Å². The molecule has 0 aromatic heterocycles. The summed E-state index contributed by atoms with van der Waals surface area (Å²) in [7, 11) is 0. The Morgan fingerprint density at radius 1 is 0.507 bits per heavy atom. The van der Waals surface area contributed by atoms with Gasteiger partial charge in [-0.3, -0.25) is 0 Å². The van der Waals surface area contributed by atoms with Crippen LogP contribution in [0.2, 0.25) is 0 Å². The number of alkyl halides is 1. The van der Waals surface area contributed by atoms with Gasteiger partial charge in [0.15, 0.2) is 0 Å². The van der Waals surface area contributed by atoms with E-state index in [1.807, 2.05) is 60.7 Å². The number of aliphatic hydroxyl groups excluding tert-OH is 2. The van der Waals surface area contributed by atoms with Gasteiger partial charge < -0.3 is 31.1 Å². The molecule has 0 amide bonds. The molecular formula is C58H69BrF4N4O2S2. The minimum atomic E-state index is -0.340. The highest BCUT2D eigenvalue weighted by molar-refractivity contribution is 9.09. The Labute approximate surface area is 436 Å². The van der Waals surface area contributed by atoms with Crippen molar-refractivity contribution in [3.8, 4) is 0 Å². The first-order valence-corrected chi connectivity index (χ1v) is 27.9. The van der Waals surface area contributed by atoms with Crippen molar-refractivity contribution in [3.63, 3.8) is 0 Å². The van der Waals surface area contributed by atoms with Crippen molar-refractivity contribution in [3.05, 3.63) is 214 Å². The van der Waals surface area contributed by atoms with Gasteiger partial charge in [0.2, 0.25) is 0 Å². The molecule has 71 heavy (non-hydrogen) atoms. The van der Waals surface area contributed by atoms with Crippen molar-refractivity contribution in [1.82, 2.24) is 15.1 Å². The number of rotatable bonds is 20. The Bertz CT molecular complexity index is 2250. The Balaban J connectivity index is 0.000000193. The summed E-state index contributed by atoms with van der Waals surface area (Å²) >= 11 is 6.94. The van der Waals surface area contributed by atoms with Crippen molar-refractivity contribution >= 4 is 39.5 Å². The minimum absolute atomic E-state index is 0.0333. The third kappa shape index (κ3) is 20.4. The predicted molar refractivity (Wildman–Crippen MR) is 291 cm³/mol. The van der Waals surface area contributed by atoms with E-state index in [-0.39, 0.29) is 46.0 Å². The van der Waals surface area contributed by atoms with E-state index >= 15 is 0 Å². The Morgan fingerprint density at radius 3 is 1.20 bits per heavy atom. The molecule has 2 heterocycles. The lowest BCUT2D eigenvalue weighted by Gasteiger charge is -2.33. The first-order valence-electron chi connectivity index (χ1n) is 24.7. The molecule has 0 aliphatic carbocycles. The third-order valence-corrected chi connectivity index (χ3v) is 16.2. The average molecular weight is 1070 g/mol. The van der Waals surface area contributed by atoms with Gasteiger partial charge in [-0.25, -0.2) is 17.6 Å². The minimum Gasteiger partial charge on any atom is -0.391 e. The second-order valence-corrected chi connectivity index (χ2v) is 21.5. The fourth-order valence-electron chi connectivity index (χ4n) is 8.88. The molecule has 0 spiro atoms. The molecule has 2 aliphatic rings. The van der Waals surface area contributed by atoms with Crippen molar-refractivity contribution in [2.24, 2.45) is 5.73 Å². The van der Waals surface area contributed by atoms with Crippen LogP contribution in [-0.2, 0) is 12.8 Å². The average Bonchev–Trinajstić information content (AvgIpc) is 3.38. The summed E-state index contributed by atoms with van der Waals surface area (Å²) in [4.78, 5) is 4.68. The van der Waals surface area contributed by atoms with E-state index in [0.29, 0.717) is 25.0 Å². The van der Waals surface area contributed by atoms with E-state index in [1.54, 1.807) is 47.8 Å². The summed E-state index contributed by atoms with van der Waals surface area (Å²) in [6.07, 6.45) is 5.07. The second kappa shape index (κ2) is 30.9. The molecule has 0 bridgehead atoms. The third-order valence-electron chi connectivity index (χ3n) is 12.7. The van der Waals surface area contributed by atoms with Gasteiger partial charge in [0.05, 0.1) is 22.7 Å². The number of nitrogens with two attached hydrogens (primary N) is 1. The molecule has 13 heteroatoms. The molecule has 8 rings (SSSR count). The number of nitrogens with one attached hydrogen (secondary N) is 1. The zero-order valence-corrected chi connectivity index (χ0v) is 43.6. The summed E-state index contributed by atoms with van der Waals surface area (Å²) in [5, 5.41) is 25.2. The summed E-state index contributed by atoms with van der Waals surface area (Å²) in [6, 6.07) is 47.3. The van der Waals surface area contributed by atoms with Crippen LogP contribution in [0, 0.1) is 23.3 Å². The molecule has 2 saturated heterocycles. The van der Waals surface area contributed by atoms with Crippen LogP contribution in [0.3, 0.4) is 0 Å². The molecule has 6 aromatic carbocycles. The number of hydrogen-bond acceptors (Lipinski definition) is 8. The molecule has 6 aromatic rings. The molecule has 2 unspecified atom stereocenters. The van der Waals surface area contributed by atoms with Crippen LogP contribution < -0.4 is 11.1 Å². The van der Waals surface area contributed by atoms with Crippen LogP contribution in [0.5, 0.6) is 0 Å². The van der Waals surface area contributed by atoms with E-state index in [2.05, 4.69) is 55.3 Å². The van der Waals surface area contributed by atoms with Gasteiger partial charge in [-0.1, -0.05) is 125 Å². The predicted octanol–water partition coefficient (Wildman–Crippen LogP) is 11.6. The molecule has 5 N–H and O–H groups in total. The second-order valence-electron chi connectivity index (χ2n) is 18.3. The molecular weight excluding hydrogens is 1000 g/mol. The molecule has 6 nitrogen and oxygen atoms in total. The van der Waals surface area contributed by atoms with Crippen LogP contribution in [0.25, 0.3) is 0 Å². The van der Waals surface area contributed by atoms with Crippen molar-refractivity contribution < 1.29 is 27.8 Å². The van der Waals surface area contributed by atoms with Crippen molar-refractivity contribution in [1.29, 1.82) is 0 Å². The zero-order valence-electron chi connectivity index (χ0n) is 40.4. The van der Waals surface area contributed by atoms with E-state index in [1.165, 1.54) is 59.7 Å². The Hall–Kier alpha value is -4.02. The highest BCUT2D eigenvalue weighted by Gasteiger charge is 2.22. The normalized spacial score (nSPS) is 15.7. The topological polar surface area (TPSA) is 85.0 Å². The molecule has 380 valence electrons. The number of nitrogens with zero attached hydrogens (tertiary/aromatic N) is 2. The molecule has 2 atom stereocenters. The maximum absolute atomic E-state index is 13.4. The van der Waals surface area contributed by atoms with Crippen LogP contribution in [-0.4, -0.2) is 107 Å². The van der Waals surface area contributed by atoms with E-state index in [4.69, 9.17) is 5.73 Å². The highest BCUT2D eigenvalue weighted by atomic mass is 79.9. The van der Waals surface area contributed by atoms with Gasteiger partial charge in [-0.2, -0.15) is 0 Å². The van der Waals surface area contributed by atoms with Gasteiger partial charge in [-0.15, -0.1) is 23.5 Å². The van der Waals surface area contributed by atoms with Crippen molar-refractivity contribution in [2.75, 3.05) is 62.6 Å². The Kier molecular flexibility index (Phi) is 24.5. The number of aliphatic hydroxyl groups is 2. The van der Waals surface area contributed by atoms with Crippen LogP contribution in [0.1, 0.15) is 69.6 Å². The van der Waals surface area contributed by atoms with Crippen LogP contribution >= 0.6 is 39.5 Å². The lowest BCUT2D eigenvalue weighted by molar-refractivity contribution is 0.0944.